The molecule has 0 atom stereocenters. The Hall–Kier alpha value is -2.75. The summed E-state index contributed by atoms with van der Waals surface area (Å²) in [7, 11) is -4.20. The van der Waals surface area contributed by atoms with Crippen molar-refractivity contribution in [3.63, 3.8) is 0 Å². The highest BCUT2D eigenvalue weighted by molar-refractivity contribution is 7.92. The first kappa shape index (κ1) is 24.9. The van der Waals surface area contributed by atoms with Crippen LogP contribution in [0.15, 0.2) is 71.6 Å². The van der Waals surface area contributed by atoms with Crippen molar-refractivity contribution in [2.45, 2.75) is 18.0 Å². The number of nitrogens with one attached hydrogen (secondary N) is 1. The summed E-state index contributed by atoms with van der Waals surface area (Å²) >= 11 is 11.6. The first-order valence-corrected chi connectivity index (χ1v) is 11.6. The molecule has 3 aromatic rings. The van der Waals surface area contributed by atoms with Gasteiger partial charge in [0.25, 0.3) is 10.0 Å². The van der Waals surface area contributed by atoms with Gasteiger partial charge in [-0.2, -0.15) is 13.2 Å². The Bertz CT molecular complexity index is 1280. The topological polar surface area (TPSA) is 66.5 Å². The van der Waals surface area contributed by atoms with Crippen LogP contribution in [0.25, 0.3) is 0 Å². The Morgan fingerprint density at radius 3 is 2.27 bits per heavy atom. The van der Waals surface area contributed by atoms with Crippen molar-refractivity contribution in [3.05, 3.63) is 87.9 Å². The Balaban J connectivity index is 1.94. The van der Waals surface area contributed by atoms with E-state index >= 15 is 0 Å². The van der Waals surface area contributed by atoms with Crippen LogP contribution in [-0.2, 0) is 21.0 Å². The van der Waals surface area contributed by atoms with E-state index in [1.54, 1.807) is 19.1 Å². The average Bonchev–Trinajstić information content (AvgIpc) is 2.73. The lowest BCUT2D eigenvalue weighted by atomic mass is 10.2. The molecule has 33 heavy (non-hydrogen) atoms. The van der Waals surface area contributed by atoms with Crippen LogP contribution in [0.4, 0.5) is 24.5 Å². The highest BCUT2D eigenvalue weighted by atomic mass is 35.5. The molecule has 1 amide bonds. The van der Waals surface area contributed by atoms with Crippen LogP contribution in [0.3, 0.4) is 0 Å². The number of anilines is 2. The molecule has 174 valence electrons. The fraction of sp³-hybridized carbons (Fsp3) is 0.136. The number of nitrogens with zero attached hydrogens (tertiary/aromatic N) is 1. The van der Waals surface area contributed by atoms with Crippen molar-refractivity contribution in [1.82, 2.24) is 0 Å². The number of amides is 1. The quantitative estimate of drug-likeness (QED) is 0.426. The molecule has 3 aromatic carbocycles. The minimum atomic E-state index is -4.72. The SMILES string of the molecule is Cc1ccc(S(=O)(=O)N(CC(=O)Nc2ccc(Cl)c(C(F)(F)F)c2)c2cccc(Cl)c2)cc1. The zero-order valence-electron chi connectivity index (χ0n) is 17.0. The molecule has 0 saturated carbocycles. The molecule has 0 aliphatic heterocycles. The molecule has 1 N–H and O–H groups in total. The molecule has 0 saturated heterocycles. The molecule has 0 aliphatic carbocycles. The third kappa shape index (κ3) is 5.98. The number of alkyl halides is 3. The summed E-state index contributed by atoms with van der Waals surface area (Å²) in [4.78, 5) is 12.6. The Kier molecular flexibility index (Phi) is 7.26. The first-order valence-electron chi connectivity index (χ1n) is 9.39. The van der Waals surface area contributed by atoms with Crippen molar-refractivity contribution in [1.29, 1.82) is 0 Å². The molecule has 0 bridgehead atoms. The van der Waals surface area contributed by atoms with Gasteiger partial charge in [-0.15, -0.1) is 0 Å². The summed E-state index contributed by atoms with van der Waals surface area (Å²) in [5.41, 5.74) is -0.356. The van der Waals surface area contributed by atoms with Gasteiger partial charge in [-0.25, -0.2) is 8.42 Å². The average molecular weight is 517 g/mol. The molecule has 5 nitrogen and oxygen atoms in total. The largest absolute Gasteiger partial charge is 0.417 e. The zero-order valence-corrected chi connectivity index (χ0v) is 19.4. The van der Waals surface area contributed by atoms with Crippen molar-refractivity contribution >= 4 is 50.5 Å². The van der Waals surface area contributed by atoms with E-state index < -0.39 is 39.2 Å². The number of carbonyl (C=O) groups excluding carboxylic acids is 1. The number of benzene rings is 3. The van der Waals surface area contributed by atoms with E-state index in [4.69, 9.17) is 23.2 Å². The van der Waals surface area contributed by atoms with Gasteiger partial charge in [0.2, 0.25) is 5.91 Å². The van der Waals surface area contributed by atoms with Gasteiger partial charge in [0.1, 0.15) is 6.54 Å². The zero-order chi connectivity index (χ0) is 24.4. The maximum Gasteiger partial charge on any atom is 0.417 e. The normalized spacial score (nSPS) is 11.8. The monoisotopic (exact) mass is 516 g/mol. The number of rotatable bonds is 6. The summed E-state index contributed by atoms with van der Waals surface area (Å²) in [5.74, 6) is -0.860. The minimum absolute atomic E-state index is 0.0632. The van der Waals surface area contributed by atoms with Crippen LogP contribution in [0, 0.1) is 6.92 Å². The molecule has 3 rings (SSSR count). The standard InChI is InChI=1S/C22H17Cl2F3N2O3S/c1-14-5-8-18(9-6-14)33(31,32)29(17-4-2-3-15(23)11-17)13-21(30)28-16-7-10-20(24)19(12-16)22(25,26)27/h2-12H,13H2,1H3,(H,28,30). The molecule has 0 aromatic heterocycles. The van der Waals surface area contributed by atoms with E-state index in [2.05, 4.69) is 5.32 Å². The molecule has 0 aliphatic rings. The number of aryl methyl sites for hydroxylation is 1. The summed E-state index contributed by atoms with van der Waals surface area (Å²) in [5, 5.41) is 2.01. The highest BCUT2D eigenvalue weighted by Crippen LogP contribution is 2.36. The highest BCUT2D eigenvalue weighted by Gasteiger charge is 2.34. The predicted molar refractivity (Wildman–Crippen MR) is 122 cm³/mol. The number of hydrogen-bond donors (Lipinski definition) is 1. The molecule has 0 heterocycles. The maximum absolute atomic E-state index is 13.3. The first-order chi connectivity index (χ1) is 15.4. The molecule has 0 spiro atoms. The minimum Gasteiger partial charge on any atom is -0.324 e. The second kappa shape index (κ2) is 9.62. The molecular formula is C22H17Cl2F3N2O3S. The summed E-state index contributed by atoms with van der Waals surface area (Å²) in [6, 6.07) is 14.7. The number of sulfonamides is 1. The van der Waals surface area contributed by atoms with Crippen LogP contribution >= 0.6 is 23.2 Å². The van der Waals surface area contributed by atoms with Crippen LogP contribution in [0.2, 0.25) is 10.0 Å². The van der Waals surface area contributed by atoms with Crippen molar-refractivity contribution in [2.75, 3.05) is 16.2 Å². The molecular weight excluding hydrogens is 500 g/mol. The summed E-state index contributed by atoms with van der Waals surface area (Å²) < 4.78 is 66.8. The van der Waals surface area contributed by atoms with Crippen molar-refractivity contribution < 1.29 is 26.4 Å². The molecule has 0 radical (unpaired) electrons. The van der Waals surface area contributed by atoms with Gasteiger partial charge in [-0.1, -0.05) is 47.0 Å². The van der Waals surface area contributed by atoms with Gasteiger partial charge in [0.15, 0.2) is 0 Å². The molecule has 11 heteroatoms. The second-order valence-corrected chi connectivity index (χ2v) is 9.75. The van der Waals surface area contributed by atoms with Crippen LogP contribution in [0.5, 0.6) is 0 Å². The summed E-state index contributed by atoms with van der Waals surface area (Å²) in [6.45, 7) is 1.08. The Morgan fingerprint density at radius 2 is 1.67 bits per heavy atom. The van der Waals surface area contributed by atoms with E-state index in [1.807, 2.05) is 0 Å². The van der Waals surface area contributed by atoms with Crippen molar-refractivity contribution in [2.24, 2.45) is 0 Å². The number of halogens is 5. The molecule has 0 unspecified atom stereocenters. The lowest BCUT2D eigenvalue weighted by Gasteiger charge is -2.24. The smallest absolute Gasteiger partial charge is 0.324 e. The van der Waals surface area contributed by atoms with E-state index in [0.29, 0.717) is 6.07 Å². The van der Waals surface area contributed by atoms with E-state index in [1.165, 1.54) is 42.5 Å². The van der Waals surface area contributed by atoms with Gasteiger partial charge >= 0.3 is 6.18 Å². The third-order valence-corrected chi connectivity index (χ3v) is 6.90. The van der Waals surface area contributed by atoms with E-state index in [-0.39, 0.29) is 21.3 Å². The van der Waals surface area contributed by atoms with Gasteiger partial charge in [0.05, 0.1) is 21.2 Å². The van der Waals surface area contributed by atoms with Gasteiger partial charge in [-0.3, -0.25) is 9.10 Å². The lowest BCUT2D eigenvalue weighted by molar-refractivity contribution is -0.137. The number of carbonyl (C=O) groups is 1. The maximum atomic E-state index is 13.3. The van der Waals surface area contributed by atoms with E-state index in [0.717, 1.165) is 15.9 Å². The van der Waals surface area contributed by atoms with Crippen LogP contribution in [-0.4, -0.2) is 20.9 Å². The van der Waals surface area contributed by atoms with Crippen LogP contribution in [0.1, 0.15) is 11.1 Å². The fourth-order valence-corrected chi connectivity index (χ4v) is 4.76. The Labute approximate surface area is 198 Å². The van der Waals surface area contributed by atoms with Gasteiger partial charge in [0, 0.05) is 10.7 Å². The van der Waals surface area contributed by atoms with Gasteiger partial charge < -0.3 is 5.32 Å². The van der Waals surface area contributed by atoms with Crippen molar-refractivity contribution in [3.8, 4) is 0 Å². The lowest BCUT2D eigenvalue weighted by Crippen LogP contribution is -2.38. The summed E-state index contributed by atoms with van der Waals surface area (Å²) in [6.07, 6.45) is -4.72. The Morgan fingerprint density at radius 1 is 1.00 bits per heavy atom. The number of hydrogen-bond acceptors (Lipinski definition) is 3. The van der Waals surface area contributed by atoms with Crippen LogP contribution < -0.4 is 9.62 Å². The second-order valence-electron chi connectivity index (χ2n) is 7.05. The third-order valence-electron chi connectivity index (χ3n) is 4.55. The predicted octanol–water partition coefficient (Wildman–Crippen LogP) is 6.15. The van der Waals surface area contributed by atoms with E-state index in [9.17, 15) is 26.4 Å². The van der Waals surface area contributed by atoms with Gasteiger partial charge in [-0.05, 0) is 55.5 Å². The fourth-order valence-electron chi connectivity index (χ4n) is 2.93. The molecule has 0 fully saturated rings.